The molecule has 2 aliphatic heterocycles. The molecule has 1 amide bonds. The molecule has 0 spiro atoms. The van der Waals surface area contributed by atoms with Crippen molar-refractivity contribution in [3.05, 3.63) is 48.5 Å². The summed E-state index contributed by atoms with van der Waals surface area (Å²) in [7, 11) is 0. The highest BCUT2D eigenvalue weighted by Gasteiger charge is 2.24. The van der Waals surface area contributed by atoms with E-state index < -0.39 is 0 Å². The second-order valence-electron chi connectivity index (χ2n) is 7.39. The van der Waals surface area contributed by atoms with E-state index in [0.717, 1.165) is 50.2 Å². The van der Waals surface area contributed by atoms with Crippen LogP contribution < -0.4 is 5.32 Å². The van der Waals surface area contributed by atoms with Crippen LogP contribution in [0, 0.1) is 0 Å². The molecule has 27 heavy (non-hydrogen) atoms. The molecule has 2 aliphatic rings. The van der Waals surface area contributed by atoms with Gasteiger partial charge in [-0.2, -0.15) is 0 Å². The summed E-state index contributed by atoms with van der Waals surface area (Å²) in [6.07, 6.45) is 9.77. The summed E-state index contributed by atoms with van der Waals surface area (Å²) < 4.78 is 5.73. The zero-order valence-electron chi connectivity index (χ0n) is 15.5. The van der Waals surface area contributed by atoms with Gasteiger partial charge in [-0.15, -0.1) is 0 Å². The van der Waals surface area contributed by atoms with Gasteiger partial charge in [-0.3, -0.25) is 4.79 Å². The SMILES string of the molecule is O=C(NC1CCN(C[C@@H]2CCCO2)CC1)c1cccc(-c2cncnc2)c1. The highest BCUT2D eigenvalue weighted by Crippen LogP contribution is 2.20. The molecule has 0 aliphatic carbocycles. The van der Waals surface area contributed by atoms with Crippen molar-refractivity contribution in [1.82, 2.24) is 20.2 Å². The molecule has 4 rings (SSSR count). The van der Waals surface area contributed by atoms with E-state index in [0.29, 0.717) is 11.7 Å². The Morgan fingerprint density at radius 2 is 1.96 bits per heavy atom. The number of ether oxygens (including phenoxy) is 1. The van der Waals surface area contributed by atoms with Crippen molar-refractivity contribution >= 4 is 5.91 Å². The van der Waals surface area contributed by atoms with E-state index >= 15 is 0 Å². The van der Waals surface area contributed by atoms with Crippen LogP contribution in [-0.4, -0.2) is 59.2 Å². The number of aromatic nitrogens is 2. The lowest BCUT2D eigenvalue weighted by Crippen LogP contribution is -2.46. The number of carbonyl (C=O) groups excluding carboxylic acids is 1. The number of hydrogen-bond donors (Lipinski definition) is 1. The maximum Gasteiger partial charge on any atom is 0.251 e. The predicted molar refractivity (Wildman–Crippen MR) is 103 cm³/mol. The molecular weight excluding hydrogens is 340 g/mol. The molecular formula is C21H26N4O2. The van der Waals surface area contributed by atoms with E-state index in [2.05, 4.69) is 20.2 Å². The van der Waals surface area contributed by atoms with Crippen molar-refractivity contribution in [2.45, 2.75) is 37.8 Å². The third-order valence-electron chi connectivity index (χ3n) is 5.43. The van der Waals surface area contributed by atoms with Gasteiger partial charge in [0.05, 0.1) is 6.10 Å². The minimum atomic E-state index is -0.00808. The summed E-state index contributed by atoms with van der Waals surface area (Å²) in [5.41, 5.74) is 2.54. The summed E-state index contributed by atoms with van der Waals surface area (Å²) >= 11 is 0. The highest BCUT2D eigenvalue weighted by molar-refractivity contribution is 5.95. The molecule has 0 unspecified atom stereocenters. The number of rotatable bonds is 5. The molecule has 0 saturated carbocycles. The highest BCUT2D eigenvalue weighted by atomic mass is 16.5. The zero-order valence-corrected chi connectivity index (χ0v) is 15.5. The van der Waals surface area contributed by atoms with Crippen molar-refractivity contribution in [2.75, 3.05) is 26.2 Å². The van der Waals surface area contributed by atoms with Crippen LogP contribution in [0.4, 0.5) is 0 Å². The van der Waals surface area contributed by atoms with Crippen molar-refractivity contribution in [1.29, 1.82) is 0 Å². The molecule has 6 nitrogen and oxygen atoms in total. The average molecular weight is 366 g/mol. The number of benzene rings is 1. The first-order chi connectivity index (χ1) is 13.3. The van der Waals surface area contributed by atoms with Crippen LogP contribution in [0.1, 0.15) is 36.0 Å². The maximum atomic E-state index is 12.7. The quantitative estimate of drug-likeness (QED) is 0.881. The summed E-state index contributed by atoms with van der Waals surface area (Å²) in [6, 6.07) is 7.87. The van der Waals surface area contributed by atoms with E-state index in [4.69, 9.17) is 4.74 Å². The summed E-state index contributed by atoms with van der Waals surface area (Å²) in [4.78, 5) is 23.2. The number of nitrogens with one attached hydrogen (secondary N) is 1. The Morgan fingerprint density at radius 3 is 2.70 bits per heavy atom. The Labute approximate surface area is 160 Å². The fourth-order valence-corrected chi connectivity index (χ4v) is 3.89. The Morgan fingerprint density at radius 1 is 1.15 bits per heavy atom. The van der Waals surface area contributed by atoms with Crippen molar-refractivity contribution < 1.29 is 9.53 Å². The Bertz CT molecular complexity index is 754. The number of carbonyl (C=O) groups is 1. The first-order valence-corrected chi connectivity index (χ1v) is 9.78. The van der Waals surface area contributed by atoms with Gasteiger partial charge in [-0.25, -0.2) is 9.97 Å². The van der Waals surface area contributed by atoms with Crippen molar-refractivity contribution in [3.8, 4) is 11.1 Å². The van der Waals surface area contributed by atoms with Crippen molar-refractivity contribution in [2.24, 2.45) is 0 Å². The molecule has 3 heterocycles. The Kier molecular flexibility index (Phi) is 5.75. The van der Waals surface area contributed by atoms with Crippen LogP contribution in [-0.2, 0) is 4.74 Å². The third-order valence-corrected chi connectivity index (χ3v) is 5.43. The summed E-state index contributed by atoms with van der Waals surface area (Å²) in [6.45, 7) is 3.98. The van der Waals surface area contributed by atoms with E-state index in [1.165, 1.54) is 19.2 Å². The van der Waals surface area contributed by atoms with Gasteiger partial charge in [0.1, 0.15) is 6.33 Å². The molecule has 1 atom stereocenters. The van der Waals surface area contributed by atoms with Crippen LogP contribution in [0.5, 0.6) is 0 Å². The lowest BCUT2D eigenvalue weighted by Gasteiger charge is -2.33. The predicted octanol–water partition coefficient (Wildman–Crippen LogP) is 2.52. The Hall–Kier alpha value is -2.31. The van der Waals surface area contributed by atoms with Gasteiger partial charge in [-0.05, 0) is 43.4 Å². The second kappa shape index (κ2) is 8.59. The summed E-state index contributed by atoms with van der Waals surface area (Å²) in [5.74, 6) is -0.00808. The van der Waals surface area contributed by atoms with E-state index in [-0.39, 0.29) is 11.9 Å². The smallest absolute Gasteiger partial charge is 0.251 e. The number of amides is 1. The van der Waals surface area contributed by atoms with Gasteiger partial charge < -0.3 is 15.0 Å². The summed E-state index contributed by atoms with van der Waals surface area (Å²) in [5, 5.41) is 3.20. The van der Waals surface area contributed by atoms with Crippen LogP contribution in [0.15, 0.2) is 43.0 Å². The Balaban J connectivity index is 1.31. The minimum Gasteiger partial charge on any atom is -0.377 e. The van der Waals surface area contributed by atoms with Crippen molar-refractivity contribution in [3.63, 3.8) is 0 Å². The van der Waals surface area contributed by atoms with E-state index in [9.17, 15) is 4.79 Å². The fourth-order valence-electron chi connectivity index (χ4n) is 3.89. The molecule has 142 valence electrons. The van der Waals surface area contributed by atoms with Gasteiger partial charge in [0, 0.05) is 55.8 Å². The molecule has 2 aromatic rings. The lowest BCUT2D eigenvalue weighted by atomic mass is 10.0. The molecule has 6 heteroatoms. The van der Waals surface area contributed by atoms with Gasteiger partial charge in [0.2, 0.25) is 0 Å². The average Bonchev–Trinajstić information content (AvgIpc) is 3.23. The molecule has 1 aromatic heterocycles. The number of likely N-dealkylation sites (tertiary alicyclic amines) is 1. The van der Waals surface area contributed by atoms with Gasteiger partial charge in [0.25, 0.3) is 5.91 Å². The molecule has 0 bridgehead atoms. The molecule has 1 aromatic carbocycles. The first-order valence-electron chi connectivity index (χ1n) is 9.78. The normalized spacial score (nSPS) is 21.3. The fraction of sp³-hybridized carbons (Fsp3) is 0.476. The number of hydrogen-bond acceptors (Lipinski definition) is 5. The standard InChI is InChI=1S/C21H26N4O2/c26-21(17-4-1-3-16(11-17)18-12-22-15-23-13-18)24-19-6-8-25(9-7-19)14-20-5-2-10-27-20/h1,3-4,11-13,15,19-20H,2,5-10,14H2,(H,24,26)/t20-/m0/s1. The van der Waals surface area contributed by atoms with E-state index in [1.807, 2.05) is 24.3 Å². The third kappa shape index (κ3) is 4.70. The van der Waals surface area contributed by atoms with E-state index in [1.54, 1.807) is 12.4 Å². The van der Waals surface area contributed by atoms with Crippen LogP contribution in [0.3, 0.4) is 0 Å². The van der Waals surface area contributed by atoms with Gasteiger partial charge >= 0.3 is 0 Å². The minimum absolute atomic E-state index is 0.00808. The van der Waals surface area contributed by atoms with Gasteiger partial charge in [0.15, 0.2) is 0 Å². The van der Waals surface area contributed by atoms with Crippen LogP contribution in [0.2, 0.25) is 0 Å². The molecule has 2 saturated heterocycles. The number of piperidine rings is 1. The molecule has 1 N–H and O–H groups in total. The second-order valence-corrected chi connectivity index (χ2v) is 7.39. The lowest BCUT2D eigenvalue weighted by molar-refractivity contribution is 0.0613. The first kappa shape index (κ1) is 18.1. The topological polar surface area (TPSA) is 67.4 Å². The van der Waals surface area contributed by atoms with Gasteiger partial charge in [-0.1, -0.05) is 12.1 Å². The monoisotopic (exact) mass is 366 g/mol. The van der Waals surface area contributed by atoms with Crippen LogP contribution in [0.25, 0.3) is 11.1 Å². The largest absolute Gasteiger partial charge is 0.377 e. The number of nitrogens with zero attached hydrogens (tertiary/aromatic N) is 3. The van der Waals surface area contributed by atoms with Crippen LogP contribution >= 0.6 is 0 Å². The molecule has 0 radical (unpaired) electrons. The maximum absolute atomic E-state index is 12.7. The molecule has 2 fully saturated rings. The zero-order chi connectivity index (χ0) is 18.5.